The maximum atomic E-state index is 13.2. The van der Waals surface area contributed by atoms with Crippen LogP contribution in [0.4, 0.5) is 8.78 Å². The first-order valence-corrected chi connectivity index (χ1v) is 8.24. The number of rotatable bonds is 5. The van der Waals surface area contributed by atoms with Crippen molar-refractivity contribution in [3.8, 4) is 22.6 Å². The second kappa shape index (κ2) is 7.06. The molecule has 0 spiro atoms. The van der Waals surface area contributed by atoms with Gasteiger partial charge in [0.2, 0.25) is 0 Å². The van der Waals surface area contributed by atoms with Gasteiger partial charge in [-0.25, -0.2) is 13.8 Å². The van der Waals surface area contributed by atoms with Gasteiger partial charge in [-0.1, -0.05) is 11.8 Å². The number of hydrogen-bond acceptors (Lipinski definition) is 4. The molecular weight excluding hydrogens is 348 g/mol. The summed E-state index contributed by atoms with van der Waals surface area (Å²) in [6, 6.07) is 11.4. The molecule has 0 aliphatic carbocycles. The Balaban J connectivity index is 2.07. The molecule has 0 radical (unpaired) electrons. The fourth-order valence-corrected chi connectivity index (χ4v) is 2.83. The molecule has 0 aliphatic rings. The van der Waals surface area contributed by atoms with Crippen molar-refractivity contribution in [2.24, 2.45) is 0 Å². The monoisotopic (exact) mass is 361 g/mol. The summed E-state index contributed by atoms with van der Waals surface area (Å²) in [5.41, 5.74) is 1.63. The summed E-state index contributed by atoms with van der Waals surface area (Å²) in [6.07, 6.45) is 0. The smallest absolute Gasteiger partial charge is 0.316 e. The van der Waals surface area contributed by atoms with E-state index in [4.69, 9.17) is 9.52 Å². The number of halogens is 2. The van der Waals surface area contributed by atoms with Gasteiger partial charge in [0.15, 0.2) is 5.76 Å². The number of oxazole rings is 1. The van der Waals surface area contributed by atoms with E-state index in [0.717, 1.165) is 11.8 Å². The van der Waals surface area contributed by atoms with Crippen molar-refractivity contribution in [3.05, 3.63) is 60.2 Å². The maximum absolute atomic E-state index is 13.2. The highest BCUT2D eigenvalue weighted by atomic mass is 32.2. The lowest BCUT2D eigenvalue weighted by molar-refractivity contribution is -0.136. The number of carbonyl (C=O) groups is 1. The summed E-state index contributed by atoms with van der Waals surface area (Å²) in [7, 11) is 0. The first kappa shape index (κ1) is 17.2. The first-order valence-electron chi connectivity index (χ1n) is 7.36. The molecule has 1 heterocycles. The van der Waals surface area contributed by atoms with E-state index < -0.39 is 11.2 Å². The lowest BCUT2D eigenvalue weighted by Crippen LogP contribution is -2.10. The molecular formula is C18H13F2NO3S. The Hall–Kier alpha value is -2.67. The van der Waals surface area contributed by atoms with Gasteiger partial charge in [-0.3, -0.25) is 4.79 Å². The van der Waals surface area contributed by atoms with E-state index in [-0.39, 0.29) is 16.9 Å². The van der Waals surface area contributed by atoms with Crippen molar-refractivity contribution in [1.82, 2.24) is 4.98 Å². The van der Waals surface area contributed by atoms with Crippen LogP contribution in [-0.4, -0.2) is 21.3 Å². The second-order valence-electron chi connectivity index (χ2n) is 5.27. The molecule has 128 valence electrons. The minimum absolute atomic E-state index is 0.175. The number of carboxylic acids is 1. The Bertz CT molecular complexity index is 829. The van der Waals surface area contributed by atoms with E-state index in [0.29, 0.717) is 22.6 Å². The maximum Gasteiger partial charge on any atom is 0.316 e. The van der Waals surface area contributed by atoms with Crippen LogP contribution in [0.5, 0.6) is 0 Å². The van der Waals surface area contributed by atoms with Crippen molar-refractivity contribution in [2.75, 3.05) is 0 Å². The van der Waals surface area contributed by atoms with Crippen LogP contribution in [0, 0.1) is 11.6 Å². The van der Waals surface area contributed by atoms with Crippen molar-refractivity contribution in [3.63, 3.8) is 0 Å². The first-order chi connectivity index (χ1) is 11.9. The summed E-state index contributed by atoms with van der Waals surface area (Å²) in [5.74, 6) is -1.40. The molecule has 0 aliphatic heterocycles. The standard InChI is InChI=1S/C18H13F2NO3S/c1-10(17(22)23)25-18-21-15(11-2-6-13(19)7-3-11)16(24-18)12-4-8-14(20)9-5-12/h2-10H,1H3,(H,22,23). The van der Waals surface area contributed by atoms with Gasteiger partial charge in [-0.2, -0.15) is 0 Å². The molecule has 2 aromatic carbocycles. The zero-order valence-electron chi connectivity index (χ0n) is 13.1. The molecule has 1 aromatic heterocycles. The zero-order chi connectivity index (χ0) is 18.0. The summed E-state index contributed by atoms with van der Waals surface area (Å²) < 4.78 is 32.1. The number of thioether (sulfide) groups is 1. The summed E-state index contributed by atoms with van der Waals surface area (Å²) >= 11 is 0.957. The molecule has 0 amide bonds. The van der Waals surface area contributed by atoms with E-state index in [9.17, 15) is 13.6 Å². The highest BCUT2D eigenvalue weighted by Gasteiger charge is 2.21. The zero-order valence-corrected chi connectivity index (χ0v) is 13.9. The Morgan fingerprint density at radius 1 is 1.04 bits per heavy atom. The Labute approximate surface area is 146 Å². The van der Waals surface area contributed by atoms with Crippen LogP contribution in [-0.2, 0) is 4.79 Å². The Morgan fingerprint density at radius 3 is 2.08 bits per heavy atom. The molecule has 0 saturated heterocycles. The second-order valence-corrected chi connectivity index (χ2v) is 6.56. The summed E-state index contributed by atoms with van der Waals surface area (Å²) in [4.78, 5) is 15.4. The molecule has 3 aromatic rings. The van der Waals surface area contributed by atoms with Crippen LogP contribution < -0.4 is 0 Å². The molecule has 1 unspecified atom stereocenters. The lowest BCUT2D eigenvalue weighted by Gasteiger charge is -2.02. The fourth-order valence-electron chi connectivity index (χ4n) is 2.15. The van der Waals surface area contributed by atoms with Crippen molar-refractivity contribution in [1.29, 1.82) is 0 Å². The normalized spacial score (nSPS) is 12.1. The number of aliphatic carboxylic acids is 1. The van der Waals surface area contributed by atoms with Crippen LogP contribution in [0.3, 0.4) is 0 Å². The fraction of sp³-hybridized carbons (Fsp3) is 0.111. The van der Waals surface area contributed by atoms with Crippen LogP contribution in [0.15, 0.2) is 58.2 Å². The lowest BCUT2D eigenvalue weighted by atomic mass is 10.1. The van der Waals surface area contributed by atoms with E-state index in [1.807, 2.05) is 0 Å². The highest BCUT2D eigenvalue weighted by molar-refractivity contribution is 8.00. The topological polar surface area (TPSA) is 63.3 Å². The molecule has 1 N–H and O–H groups in total. The minimum atomic E-state index is -0.991. The molecule has 7 heteroatoms. The average Bonchev–Trinajstić information content (AvgIpc) is 3.00. The van der Waals surface area contributed by atoms with Gasteiger partial charge in [0, 0.05) is 11.1 Å². The third-order valence-electron chi connectivity index (χ3n) is 3.46. The quantitative estimate of drug-likeness (QED) is 0.658. The number of hydrogen-bond donors (Lipinski definition) is 1. The van der Waals surface area contributed by atoms with Gasteiger partial charge in [0.25, 0.3) is 5.22 Å². The van der Waals surface area contributed by atoms with Crippen LogP contribution in [0.1, 0.15) is 6.92 Å². The molecule has 0 bridgehead atoms. The van der Waals surface area contributed by atoms with Crippen molar-refractivity contribution < 1.29 is 23.1 Å². The minimum Gasteiger partial charge on any atom is -0.480 e. The van der Waals surface area contributed by atoms with E-state index >= 15 is 0 Å². The largest absolute Gasteiger partial charge is 0.480 e. The van der Waals surface area contributed by atoms with Gasteiger partial charge in [-0.15, -0.1) is 0 Å². The molecule has 1 atom stereocenters. The predicted octanol–water partition coefficient (Wildman–Crippen LogP) is 4.85. The summed E-state index contributed by atoms with van der Waals surface area (Å²) in [5, 5.41) is 8.47. The van der Waals surface area contributed by atoms with Crippen LogP contribution >= 0.6 is 11.8 Å². The predicted molar refractivity (Wildman–Crippen MR) is 90.2 cm³/mol. The molecule has 25 heavy (non-hydrogen) atoms. The van der Waals surface area contributed by atoms with E-state index in [1.54, 1.807) is 12.1 Å². The number of carboxylic acid groups (broad SMARTS) is 1. The number of benzene rings is 2. The third kappa shape index (κ3) is 3.88. The molecule has 0 saturated carbocycles. The third-order valence-corrected chi connectivity index (χ3v) is 4.39. The molecule has 0 fully saturated rings. The van der Waals surface area contributed by atoms with Crippen LogP contribution in [0.2, 0.25) is 0 Å². The Morgan fingerprint density at radius 2 is 1.56 bits per heavy atom. The van der Waals surface area contributed by atoms with Crippen molar-refractivity contribution >= 4 is 17.7 Å². The van der Waals surface area contributed by atoms with E-state index in [2.05, 4.69) is 4.98 Å². The van der Waals surface area contributed by atoms with Gasteiger partial charge >= 0.3 is 5.97 Å². The highest BCUT2D eigenvalue weighted by Crippen LogP contribution is 2.36. The van der Waals surface area contributed by atoms with E-state index in [1.165, 1.54) is 43.3 Å². The van der Waals surface area contributed by atoms with Crippen LogP contribution in [0.25, 0.3) is 22.6 Å². The van der Waals surface area contributed by atoms with Gasteiger partial charge < -0.3 is 9.52 Å². The number of aromatic nitrogens is 1. The van der Waals surface area contributed by atoms with Gasteiger partial charge in [0.05, 0.1) is 0 Å². The SMILES string of the molecule is CC(Sc1nc(-c2ccc(F)cc2)c(-c2ccc(F)cc2)o1)C(=O)O. The van der Waals surface area contributed by atoms with Gasteiger partial charge in [-0.05, 0) is 55.5 Å². The molecule has 3 rings (SSSR count). The molecule has 4 nitrogen and oxygen atoms in total. The number of nitrogens with zero attached hydrogens (tertiary/aromatic N) is 1. The Kier molecular flexibility index (Phi) is 4.85. The summed E-state index contributed by atoms with van der Waals surface area (Å²) in [6.45, 7) is 1.52. The van der Waals surface area contributed by atoms with Gasteiger partial charge in [0.1, 0.15) is 22.6 Å². The average molecular weight is 361 g/mol. The van der Waals surface area contributed by atoms with Crippen molar-refractivity contribution in [2.45, 2.75) is 17.4 Å².